The Balaban J connectivity index is 1.64. The fourth-order valence-corrected chi connectivity index (χ4v) is 2.62. The lowest BCUT2D eigenvalue weighted by Gasteiger charge is -2.05. The second-order valence-corrected chi connectivity index (χ2v) is 6.13. The number of fused-ring (bicyclic) bond motifs is 1. The molecule has 1 amide bonds. The zero-order chi connectivity index (χ0) is 19.7. The van der Waals surface area contributed by atoms with Crippen LogP contribution in [0.15, 0.2) is 63.9 Å². The number of rotatable bonds is 4. The van der Waals surface area contributed by atoms with E-state index in [1.165, 1.54) is 6.20 Å². The molecule has 0 radical (unpaired) electrons. The number of ether oxygens (including phenoxy) is 1. The average molecular weight is 376 g/mol. The highest BCUT2D eigenvalue weighted by atomic mass is 16.5. The summed E-state index contributed by atoms with van der Waals surface area (Å²) in [5, 5.41) is 6.74. The molecule has 0 fully saturated rings. The number of nitrogens with zero attached hydrogens (tertiary/aromatic N) is 3. The summed E-state index contributed by atoms with van der Waals surface area (Å²) in [4.78, 5) is 29.1. The van der Waals surface area contributed by atoms with Crippen molar-refractivity contribution in [3.8, 4) is 17.2 Å². The number of anilines is 1. The van der Waals surface area contributed by atoms with Crippen LogP contribution in [0.1, 0.15) is 15.9 Å². The molecule has 4 rings (SSSR count). The molecule has 1 N–H and O–H groups in total. The van der Waals surface area contributed by atoms with E-state index in [1.54, 1.807) is 31.4 Å². The number of carbonyl (C=O) groups excluding carboxylic acids is 1. The van der Waals surface area contributed by atoms with Gasteiger partial charge in [0.1, 0.15) is 11.4 Å². The molecule has 2 aromatic heterocycles. The van der Waals surface area contributed by atoms with Crippen LogP contribution in [0.5, 0.6) is 5.75 Å². The van der Waals surface area contributed by atoms with Crippen LogP contribution in [-0.2, 0) is 0 Å². The maximum absolute atomic E-state index is 12.7. The van der Waals surface area contributed by atoms with Gasteiger partial charge in [-0.3, -0.25) is 9.59 Å². The minimum Gasteiger partial charge on any atom is -0.497 e. The van der Waals surface area contributed by atoms with E-state index in [4.69, 9.17) is 9.15 Å². The third-order valence-corrected chi connectivity index (χ3v) is 4.19. The van der Waals surface area contributed by atoms with Crippen LogP contribution in [-0.4, -0.2) is 27.6 Å². The number of nitrogens with one attached hydrogen (secondary N) is 1. The number of methoxy groups -OCH3 is 1. The third-order valence-electron chi connectivity index (χ3n) is 4.19. The number of aromatic nitrogens is 3. The molecule has 0 saturated heterocycles. The maximum Gasteiger partial charge on any atom is 0.328 e. The van der Waals surface area contributed by atoms with Crippen molar-refractivity contribution in [1.82, 2.24) is 14.6 Å². The smallest absolute Gasteiger partial charge is 0.328 e. The van der Waals surface area contributed by atoms with Gasteiger partial charge in [-0.15, -0.1) is 9.61 Å². The number of amides is 1. The van der Waals surface area contributed by atoms with Gasteiger partial charge in [-0.25, -0.2) is 4.98 Å². The summed E-state index contributed by atoms with van der Waals surface area (Å²) in [7, 11) is 1.54. The number of carbonyl (C=O) groups is 1. The van der Waals surface area contributed by atoms with E-state index in [-0.39, 0.29) is 17.4 Å². The van der Waals surface area contributed by atoms with E-state index in [0.29, 0.717) is 11.3 Å². The monoisotopic (exact) mass is 376 g/mol. The van der Waals surface area contributed by atoms with Crippen molar-refractivity contribution in [3.05, 3.63) is 76.2 Å². The molecule has 0 aliphatic rings. The van der Waals surface area contributed by atoms with E-state index in [2.05, 4.69) is 15.4 Å². The van der Waals surface area contributed by atoms with Crippen molar-refractivity contribution in [2.24, 2.45) is 0 Å². The summed E-state index contributed by atoms with van der Waals surface area (Å²) in [6, 6.07) is 14.0. The van der Waals surface area contributed by atoms with Gasteiger partial charge in [0.25, 0.3) is 5.91 Å². The largest absolute Gasteiger partial charge is 0.497 e. The Morgan fingerprint density at radius 3 is 2.50 bits per heavy atom. The summed E-state index contributed by atoms with van der Waals surface area (Å²) >= 11 is 0. The highest BCUT2D eigenvalue weighted by Crippen LogP contribution is 2.19. The Bertz CT molecular complexity index is 1210. The number of hydrogen-bond donors (Lipinski definition) is 1. The predicted octanol–water partition coefficient (Wildman–Crippen LogP) is 2.92. The summed E-state index contributed by atoms with van der Waals surface area (Å²) in [5.74, 6) is 0.501. The van der Waals surface area contributed by atoms with E-state index in [1.807, 2.05) is 31.2 Å². The van der Waals surface area contributed by atoms with Crippen LogP contribution in [0.2, 0.25) is 0 Å². The molecule has 0 spiro atoms. The molecule has 0 aliphatic heterocycles. The Labute approximate surface area is 159 Å². The molecule has 0 saturated carbocycles. The van der Waals surface area contributed by atoms with Crippen molar-refractivity contribution in [2.75, 3.05) is 12.4 Å². The summed E-state index contributed by atoms with van der Waals surface area (Å²) in [6.45, 7) is 1.97. The van der Waals surface area contributed by atoms with Gasteiger partial charge in [-0.2, -0.15) is 0 Å². The quantitative estimate of drug-likeness (QED) is 0.588. The van der Waals surface area contributed by atoms with Crippen LogP contribution < -0.4 is 15.6 Å². The Morgan fingerprint density at radius 1 is 1.11 bits per heavy atom. The first-order chi connectivity index (χ1) is 13.5. The average Bonchev–Trinajstić information content (AvgIpc) is 3.16. The first-order valence-electron chi connectivity index (χ1n) is 8.46. The standard InChI is InChI=1S/C20H16N4O4/c1-12-3-5-14(6-4-12)18-23-24-19(26)16(11-21-20(24)28-18)22-17(25)13-7-9-15(27-2)10-8-13/h3-11H,1-2H3,(H,22,25). The first kappa shape index (κ1) is 17.5. The second kappa shape index (κ2) is 6.99. The summed E-state index contributed by atoms with van der Waals surface area (Å²) in [6.07, 6.45) is 1.25. The van der Waals surface area contributed by atoms with Gasteiger partial charge in [-0.05, 0) is 43.3 Å². The van der Waals surface area contributed by atoms with E-state index in [0.717, 1.165) is 15.6 Å². The third kappa shape index (κ3) is 3.23. The molecular weight excluding hydrogens is 360 g/mol. The molecule has 28 heavy (non-hydrogen) atoms. The molecule has 0 unspecified atom stereocenters. The molecule has 8 nitrogen and oxygen atoms in total. The van der Waals surface area contributed by atoms with Gasteiger partial charge in [-0.1, -0.05) is 17.7 Å². The lowest BCUT2D eigenvalue weighted by molar-refractivity contribution is 0.102. The Hall–Kier alpha value is -3.94. The van der Waals surface area contributed by atoms with Gasteiger partial charge >= 0.3 is 11.4 Å². The van der Waals surface area contributed by atoms with Crippen LogP contribution >= 0.6 is 0 Å². The molecule has 0 aliphatic carbocycles. The van der Waals surface area contributed by atoms with Crippen molar-refractivity contribution < 1.29 is 13.9 Å². The van der Waals surface area contributed by atoms with Crippen LogP contribution in [0.3, 0.4) is 0 Å². The van der Waals surface area contributed by atoms with E-state index >= 15 is 0 Å². The molecule has 4 aromatic rings. The van der Waals surface area contributed by atoms with Gasteiger partial charge in [0.2, 0.25) is 5.89 Å². The highest BCUT2D eigenvalue weighted by Gasteiger charge is 2.15. The SMILES string of the molecule is COc1ccc(C(=O)Nc2cnc3oc(-c4ccc(C)cc4)nn3c2=O)cc1. The predicted molar refractivity (Wildman–Crippen MR) is 103 cm³/mol. The number of aryl methyl sites for hydroxylation is 1. The van der Waals surface area contributed by atoms with Crippen molar-refractivity contribution in [1.29, 1.82) is 0 Å². The van der Waals surface area contributed by atoms with Gasteiger partial charge in [0, 0.05) is 11.1 Å². The topological polar surface area (TPSA) is 98.7 Å². The van der Waals surface area contributed by atoms with Crippen LogP contribution in [0, 0.1) is 6.92 Å². The first-order valence-corrected chi connectivity index (χ1v) is 8.46. The zero-order valence-electron chi connectivity index (χ0n) is 15.2. The molecule has 2 aromatic carbocycles. The van der Waals surface area contributed by atoms with Gasteiger partial charge in [0.15, 0.2) is 0 Å². The van der Waals surface area contributed by atoms with Gasteiger partial charge < -0.3 is 14.5 Å². The molecule has 2 heterocycles. The van der Waals surface area contributed by atoms with E-state index < -0.39 is 11.5 Å². The Morgan fingerprint density at radius 2 is 1.82 bits per heavy atom. The van der Waals surface area contributed by atoms with Crippen LogP contribution in [0.25, 0.3) is 17.3 Å². The molecule has 140 valence electrons. The summed E-state index contributed by atoms with van der Waals surface area (Å²) in [5.41, 5.74) is 1.67. The number of benzene rings is 2. The van der Waals surface area contributed by atoms with Gasteiger partial charge in [0.05, 0.1) is 13.3 Å². The molecular formula is C20H16N4O4. The summed E-state index contributed by atoms with van der Waals surface area (Å²) < 4.78 is 11.7. The molecule has 0 atom stereocenters. The van der Waals surface area contributed by atoms with Crippen molar-refractivity contribution in [2.45, 2.75) is 6.92 Å². The lowest BCUT2D eigenvalue weighted by atomic mass is 10.1. The molecule has 8 heteroatoms. The van der Waals surface area contributed by atoms with Crippen LogP contribution in [0.4, 0.5) is 5.69 Å². The van der Waals surface area contributed by atoms with Crippen molar-refractivity contribution in [3.63, 3.8) is 0 Å². The van der Waals surface area contributed by atoms with Crippen molar-refractivity contribution >= 4 is 17.4 Å². The second-order valence-electron chi connectivity index (χ2n) is 6.13. The zero-order valence-corrected chi connectivity index (χ0v) is 15.2. The molecule has 0 bridgehead atoms. The minimum atomic E-state index is -0.533. The Kier molecular flexibility index (Phi) is 4.36. The van der Waals surface area contributed by atoms with E-state index in [9.17, 15) is 9.59 Å². The fourth-order valence-electron chi connectivity index (χ4n) is 2.62. The fraction of sp³-hybridized carbons (Fsp3) is 0.100. The maximum atomic E-state index is 12.7. The minimum absolute atomic E-state index is 0.00192. The number of hydrogen-bond acceptors (Lipinski definition) is 6. The lowest BCUT2D eigenvalue weighted by Crippen LogP contribution is -2.23. The normalized spacial score (nSPS) is 10.8. The highest BCUT2D eigenvalue weighted by molar-refractivity contribution is 6.04.